The quantitative estimate of drug-likeness (QED) is 0.217. The van der Waals surface area contributed by atoms with Crippen LogP contribution in [-0.2, 0) is 27.2 Å². The summed E-state index contributed by atoms with van der Waals surface area (Å²) in [5.74, 6) is -1.45. The highest BCUT2D eigenvalue weighted by Gasteiger charge is 2.53. The first-order valence-corrected chi connectivity index (χ1v) is 12.9. The van der Waals surface area contributed by atoms with E-state index in [4.69, 9.17) is 19.9 Å². The Kier molecular flexibility index (Phi) is 8.18. The zero-order valence-electron chi connectivity index (χ0n) is 23.0. The molecular formula is C24H27F3N10O6. The first kappa shape index (κ1) is 29.7. The van der Waals surface area contributed by atoms with Gasteiger partial charge in [-0.1, -0.05) is 6.07 Å². The van der Waals surface area contributed by atoms with Crippen molar-refractivity contribution in [3.05, 3.63) is 35.9 Å². The van der Waals surface area contributed by atoms with Gasteiger partial charge in [0.15, 0.2) is 41.4 Å². The molecule has 230 valence electrons. The van der Waals surface area contributed by atoms with Crippen molar-refractivity contribution in [3.8, 4) is 11.5 Å². The summed E-state index contributed by atoms with van der Waals surface area (Å²) in [7, 11) is 3.07. The second kappa shape index (κ2) is 11.8. The summed E-state index contributed by atoms with van der Waals surface area (Å²) < 4.78 is 61.7. The van der Waals surface area contributed by atoms with Gasteiger partial charge in [-0.25, -0.2) is 9.78 Å². The Labute approximate surface area is 240 Å². The van der Waals surface area contributed by atoms with Gasteiger partial charge in [0.1, 0.15) is 11.6 Å². The molecule has 5 rings (SSSR count). The number of halogens is 3. The number of aromatic nitrogens is 8. The van der Waals surface area contributed by atoms with Crippen LogP contribution in [0.15, 0.2) is 24.5 Å². The summed E-state index contributed by atoms with van der Waals surface area (Å²) >= 11 is 0. The number of aliphatic hydroxyl groups excluding tert-OH is 1. The number of benzene rings is 1. The van der Waals surface area contributed by atoms with Crippen LogP contribution in [0.5, 0.6) is 11.5 Å². The van der Waals surface area contributed by atoms with E-state index in [1.54, 1.807) is 13.0 Å². The summed E-state index contributed by atoms with van der Waals surface area (Å²) in [4.78, 5) is 25.8. The van der Waals surface area contributed by atoms with Gasteiger partial charge in [-0.05, 0) is 36.3 Å². The number of imidazole rings is 1. The maximum atomic E-state index is 13.1. The SMILES string of the molecule is CCn1nnc([C@H]2O[C@@H](n3cnc4c(N)nc(NCCc5ccc(OC)c(OC)c5)nc43)[C@H](OC(=O)C(F)(F)F)[C@@H]2O)n1. The lowest BCUT2D eigenvalue weighted by Gasteiger charge is -2.22. The molecule has 4 heterocycles. The Morgan fingerprint density at radius 2 is 1.98 bits per heavy atom. The fourth-order valence-corrected chi connectivity index (χ4v) is 4.47. The van der Waals surface area contributed by atoms with E-state index in [0.29, 0.717) is 31.0 Å². The number of aryl methyl sites for hydroxylation is 1. The molecule has 0 amide bonds. The normalized spacial score (nSPS) is 20.3. The minimum atomic E-state index is -5.33. The summed E-state index contributed by atoms with van der Waals surface area (Å²) in [6.45, 7) is 2.42. The van der Waals surface area contributed by atoms with Crippen LogP contribution in [-0.4, -0.2) is 90.0 Å². The Hall–Kier alpha value is -4.78. The number of nitrogens with two attached hydrogens (primary N) is 1. The van der Waals surface area contributed by atoms with E-state index in [1.165, 1.54) is 29.9 Å². The lowest BCUT2D eigenvalue weighted by Crippen LogP contribution is -2.38. The largest absolute Gasteiger partial charge is 0.493 e. The van der Waals surface area contributed by atoms with E-state index < -0.39 is 36.7 Å². The van der Waals surface area contributed by atoms with E-state index in [1.807, 2.05) is 12.1 Å². The van der Waals surface area contributed by atoms with Crippen molar-refractivity contribution < 1.29 is 42.0 Å². The minimum Gasteiger partial charge on any atom is -0.493 e. The molecule has 1 saturated heterocycles. The van der Waals surface area contributed by atoms with Crippen LogP contribution in [0.1, 0.15) is 30.6 Å². The first-order chi connectivity index (χ1) is 20.5. The second-order valence-corrected chi connectivity index (χ2v) is 9.26. The number of carbonyl (C=O) groups excluding carboxylic acids is 1. The number of esters is 1. The smallest absolute Gasteiger partial charge is 0.490 e. The van der Waals surface area contributed by atoms with Crippen LogP contribution in [0.4, 0.5) is 24.9 Å². The maximum absolute atomic E-state index is 13.1. The number of ether oxygens (including phenoxy) is 4. The van der Waals surface area contributed by atoms with Gasteiger partial charge < -0.3 is 35.1 Å². The molecule has 4 N–H and O–H groups in total. The number of fused-ring (bicyclic) bond motifs is 1. The number of aliphatic hydroxyl groups is 1. The zero-order valence-corrected chi connectivity index (χ0v) is 23.0. The third kappa shape index (κ3) is 5.93. The molecule has 1 fully saturated rings. The highest BCUT2D eigenvalue weighted by atomic mass is 19.4. The predicted molar refractivity (Wildman–Crippen MR) is 140 cm³/mol. The second-order valence-electron chi connectivity index (χ2n) is 9.26. The number of methoxy groups -OCH3 is 2. The van der Waals surface area contributed by atoms with Crippen molar-refractivity contribution in [1.82, 2.24) is 39.7 Å². The number of nitrogens with zero attached hydrogens (tertiary/aromatic N) is 8. The number of hydrogen-bond acceptors (Lipinski definition) is 14. The molecule has 0 spiro atoms. The van der Waals surface area contributed by atoms with Crippen molar-refractivity contribution in [1.29, 1.82) is 0 Å². The van der Waals surface area contributed by atoms with Crippen molar-refractivity contribution in [2.45, 2.75) is 50.6 Å². The van der Waals surface area contributed by atoms with Crippen LogP contribution >= 0.6 is 0 Å². The lowest BCUT2D eigenvalue weighted by atomic mass is 10.1. The molecule has 0 unspecified atom stereocenters. The number of alkyl halides is 3. The van der Waals surface area contributed by atoms with Crippen molar-refractivity contribution in [2.24, 2.45) is 0 Å². The van der Waals surface area contributed by atoms with Gasteiger partial charge in [-0.15, -0.1) is 10.2 Å². The van der Waals surface area contributed by atoms with Crippen molar-refractivity contribution in [2.75, 3.05) is 31.8 Å². The van der Waals surface area contributed by atoms with Crippen LogP contribution < -0.4 is 20.5 Å². The molecule has 19 heteroatoms. The number of tetrazole rings is 1. The number of anilines is 2. The molecule has 1 aliphatic rings. The molecular weight excluding hydrogens is 581 g/mol. The Bertz CT molecular complexity index is 1610. The molecule has 16 nitrogen and oxygen atoms in total. The highest BCUT2D eigenvalue weighted by Crippen LogP contribution is 2.41. The third-order valence-corrected chi connectivity index (χ3v) is 6.56. The average molecular weight is 609 g/mol. The van der Waals surface area contributed by atoms with E-state index in [-0.39, 0.29) is 28.8 Å². The summed E-state index contributed by atoms with van der Waals surface area (Å²) in [6, 6.07) is 5.46. The van der Waals surface area contributed by atoms with Crippen LogP contribution in [0.2, 0.25) is 0 Å². The first-order valence-electron chi connectivity index (χ1n) is 12.9. The third-order valence-electron chi connectivity index (χ3n) is 6.56. The van der Waals surface area contributed by atoms with Crippen LogP contribution in [0.3, 0.4) is 0 Å². The molecule has 0 saturated carbocycles. The molecule has 3 aromatic heterocycles. The molecule has 43 heavy (non-hydrogen) atoms. The Morgan fingerprint density at radius 1 is 1.21 bits per heavy atom. The highest BCUT2D eigenvalue weighted by molar-refractivity contribution is 5.83. The molecule has 0 bridgehead atoms. The summed E-state index contributed by atoms with van der Waals surface area (Å²) in [5, 5.41) is 25.6. The van der Waals surface area contributed by atoms with Gasteiger partial charge in [0.05, 0.1) is 27.1 Å². The fraction of sp³-hybridized carbons (Fsp3) is 0.458. The summed E-state index contributed by atoms with van der Waals surface area (Å²) in [6.07, 6.45) is -10.2. The van der Waals surface area contributed by atoms with Gasteiger partial charge in [0.25, 0.3) is 0 Å². The van der Waals surface area contributed by atoms with Crippen molar-refractivity contribution in [3.63, 3.8) is 0 Å². The summed E-state index contributed by atoms with van der Waals surface area (Å²) in [5.41, 5.74) is 7.17. The molecule has 1 aromatic carbocycles. The Morgan fingerprint density at radius 3 is 2.65 bits per heavy atom. The van der Waals surface area contributed by atoms with Gasteiger partial charge in [-0.3, -0.25) is 4.57 Å². The molecule has 0 aliphatic carbocycles. The number of carbonyl (C=O) groups is 1. The Balaban J connectivity index is 1.42. The fourth-order valence-electron chi connectivity index (χ4n) is 4.47. The van der Waals surface area contributed by atoms with E-state index in [2.05, 4.69) is 40.4 Å². The lowest BCUT2D eigenvalue weighted by molar-refractivity contribution is -0.211. The van der Waals surface area contributed by atoms with Gasteiger partial charge in [0, 0.05) is 6.54 Å². The topological polar surface area (TPSA) is 199 Å². The average Bonchev–Trinajstić information content (AvgIpc) is 3.70. The number of rotatable bonds is 10. The number of hydrogen-bond donors (Lipinski definition) is 3. The van der Waals surface area contributed by atoms with Crippen molar-refractivity contribution >= 4 is 28.9 Å². The standard InChI is InChI=1S/C24H27F3N10O6/c1-4-37-34-19(33-35-37)16-15(38)17(43-22(39)24(25,26)27)21(42-16)36-10-30-14-18(28)31-23(32-20(14)36)29-8-7-11-5-6-12(40-2)13(9-11)41-3/h5-6,9-10,15-17,21,38H,4,7-8H2,1-3H3,(H3,28,29,31,32)/t15-,16+,17-,21-/m1/s1. The molecule has 1 aliphatic heterocycles. The van der Waals surface area contributed by atoms with E-state index in [0.717, 1.165) is 5.56 Å². The van der Waals surface area contributed by atoms with Crippen LogP contribution in [0, 0.1) is 0 Å². The van der Waals surface area contributed by atoms with E-state index in [9.17, 15) is 23.1 Å². The number of nitrogen functional groups attached to an aromatic ring is 1. The number of nitrogens with one attached hydrogen (secondary N) is 1. The minimum absolute atomic E-state index is 0.0381. The van der Waals surface area contributed by atoms with E-state index >= 15 is 0 Å². The zero-order chi connectivity index (χ0) is 30.9. The maximum Gasteiger partial charge on any atom is 0.490 e. The predicted octanol–water partition coefficient (Wildman–Crippen LogP) is 1.19. The molecule has 0 radical (unpaired) electrons. The monoisotopic (exact) mass is 608 g/mol. The molecule has 4 aromatic rings. The molecule has 4 atom stereocenters. The van der Waals surface area contributed by atoms with Gasteiger partial charge >= 0.3 is 12.1 Å². The van der Waals surface area contributed by atoms with Crippen LogP contribution in [0.25, 0.3) is 11.2 Å². The van der Waals surface area contributed by atoms with Gasteiger partial charge in [-0.2, -0.15) is 27.9 Å². The van der Waals surface area contributed by atoms with Gasteiger partial charge in [0.2, 0.25) is 11.8 Å².